The smallest absolute Gasteiger partial charge is 0.406 e. The third-order valence-electron chi connectivity index (χ3n) is 4.96. The van der Waals surface area contributed by atoms with Gasteiger partial charge in [-0.05, 0) is 36.8 Å². The zero-order valence-electron chi connectivity index (χ0n) is 16.1. The lowest BCUT2D eigenvalue weighted by atomic mass is 9.94. The number of anilines is 1. The van der Waals surface area contributed by atoms with Gasteiger partial charge < -0.3 is 10.1 Å². The lowest BCUT2D eigenvalue weighted by Crippen LogP contribution is -3.21. The molecule has 2 atom stereocenters. The van der Waals surface area contributed by atoms with Crippen LogP contribution in [0.3, 0.4) is 0 Å². The summed E-state index contributed by atoms with van der Waals surface area (Å²) >= 11 is 0. The number of carbonyl (C=O) groups excluding carboxylic acids is 2. The van der Waals surface area contributed by atoms with E-state index in [4.69, 9.17) is 0 Å². The number of imide groups is 1. The number of hydrogen-bond acceptors (Lipinski definition) is 7. The molecule has 0 aliphatic carbocycles. The van der Waals surface area contributed by atoms with Gasteiger partial charge in [0.15, 0.2) is 15.4 Å². The molecule has 2 aliphatic rings. The van der Waals surface area contributed by atoms with Crippen LogP contribution in [-0.4, -0.2) is 44.1 Å². The number of nitrogens with zero attached hydrogens (tertiary/aromatic N) is 1. The third-order valence-corrected chi connectivity index (χ3v) is 6.73. The van der Waals surface area contributed by atoms with Crippen LogP contribution in [0.15, 0.2) is 47.2 Å². The highest BCUT2D eigenvalue weighted by molar-refractivity contribution is 7.91. The first-order chi connectivity index (χ1) is 14.4. The molecule has 1 aromatic rings. The van der Waals surface area contributed by atoms with Gasteiger partial charge in [-0.15, -0.1) is 13.2 Å². The molecule has 0 radical (unpaired) electrons. The fourth-order valence-corrected chi connectivity index (χ4v) is 5.23. The Labute approximate surface area is 175 Å². The number of benzene rings is 1. The second-order valence-electron chi connectivity index (χ2n) is 7.06. The van der Waals surface area contributed by atoms with Crippen molar-refractivity contribution in [1.29, 1.82) is 5.26 Å². The van der Waals surface area contributed by atoms with Crippen molar-refractivity contribution in [2.24, 2.45) is 0 Å². The quantitative estimate of drug-likeness (QED) is 0.510. The largest absolute Gasteiger partial charge is 0.573 e. The van der Waals surface area contributed by atoms with Gasteiger partial charge in [0.2, 0.25) is 0 Å². The van der Waals surface area contributed by atoms with Crippen molar-refractivity contribution >= 4 is 27.3 Å². The molecule has 8 nitrogen and oxygen atoms in total. The molecule has 31 heavy (non-hydrogen) atoms. The lowest BCUT2D eigenvalue weighted by molar-refractivity contribution is -0.761. The minimum atomic E-state index is -4.83. The summed E-state index contributed by atoms with van der Waals surface area (Å²) in [5.41, 5.74) is 0.210. The monoisotopic (exact) mass is 456 g/mol. The first-order valence-electron chi connectivity index (χ1n) is 9.02. The molecule has 0 saturated carbocycles. The molecule has 0 bridgehead atoms. The van der Waals surface area contributed by atoms with Crippen molar-refractivity contribution < 1.29 is 40.8 Å². The number of nitrogens with one attached hydrogen (secondary N) is 2. The van der Waals surface area contributed by atoms with Gasteiger partial charge >= 0.3 is 18.2 Å². The summed E-state index contributed by atoms with van der Waals surface area (Å²) in [4.78, 5) is 25.4. The topological polar surface area (TPSA) is 118 Å². The number of quaternary nitrogens is 1. The Morgan fingerprint density at radius 3 is 2.39 bits per heavy atom. The van der Waals surface area contributed by atoms with E-state index < -0.39 is 39.8 Å². The van der Waals surface area contributed by atoms with Crippen molar-refractivity contribution in [3.8, 4) is 11.8 Å². The van der Waals surface area contributed by atoms with E-state index in [1.807, 2.05) is 0 Å². The summed E-state index contributed by atoms with van der Waals surface area (Å²) in [6.07, 6.45) is -3.47. The number of rotatable bonds is 4. The third kappa shape index (κ3) is 4.95. The Hall–Kier alpha value is -3.17. The second-order valence-corrected chi connectivity index (χ2v) is 9.29. The highest BCUT2D eigenvalue weighted by Crippen LogP contribution is 2.25. The number of amides is 2. The molecule has 164 valence electrons. The van der Waals surface area contributed by atoms with E-state index in [1.54, 1.807) is 6.07 Å². The summed E-state index contributed by atoms with van der Waals surface area (Å²) in [5, 5.41) is 12.1. The van der Waals surface area contributed by atoms with Gasteiger partial charge in [0.05, 0.1) is 5.75 Å². The molecule has 2 aliphatic heterocycles. The molecule has 1 fully saturated rings. The number of carbonyl (C=O) groups is 2. The molecule has 2 N–H and O–H groups in total. The maximum Gasteiger partial charge on any atom is 0.573 e. The average Bonchev–Trinajstić information content (AvgIpc) is 3.01. The predicted octanol–water partition coefficient (Wildman–Crippen LogP) is 0.860. The molecule has 1 aromatic carbocycles. The lowest BCUT2D eigenvalue weighted by Gasteiger charge is -2.25. The van der Waals surface area contributed by atoms with Crippen LogP contribution < -0.4 is 15.0 Å². The summed E-state index contributed by atoms with van der Waals surface area (Å²) in [7, 11) is -3.37. The number of nitriles is 1. The van der Waals surface area contributed by atoms with Gasteiger partial charge in [-0.1, -0.05) is 0 Å². The van der Waals surface area contributed by atoms with E-state index in [0.29, 0.717) is 5.69 Å². The molecule has 3 rings (SSSR count). The van der Waals surface area contributed by atoms with Gasteiger partial charge in [0.1, 0.15) is 29.2 Å². The molecule has 2 heterocycles. The van der Waals surface area contributed by atoms with Crippen LogP contribution in [0, 0.1) is 11.3 Å². The molecular formula is C19H17F3N3O5S+. The Balaban J connectivity index is 1.87. The van der Waals surface area contributed by atoms with Gasteiger partial charge in [0.25, 0.3) is 0 Å². The zero-order valence-corrected chi connectivity index (χ0v) is 16.9. The van der Waals surface area contributed by atoms with E-state index in [-0.39, 0.29) is 39.5 Å². The summed E-state index contributed by atoms with van der Waals surface area (Å²) in [5.74, 6) is -2.34. The van der Waals surface area contributed by atoms with Gasteiger partial charge in [0, 0.05) is 18.3 Å². The molecule has 2 amide bonds. The van der Waals surface area contributed by atoms with Crippen molar-refractivity contribution in [2.75, 3.05) is 16.8 Å². The van der Waals surface area contributed by atoms with Crippen LogP contribution in [-0.2, 0) is 19.4 Å². The van der Waals surface area contributed by atoms with Crippen LogP contribution in [0.25, 0.3) is 0 Å². The molecule has 12 heteroatoms. The SMILES string of the molecule is CC1=C(C#N)C(=O)[NH+]([C@H]2CCS(=O)(=O)C2)C(=O)/C1=C\Nc1ccc(OC(F)(F)F)cc1. The molecule has 0 aromatic heterocycles. The van der Waals surface area contributed by atoms with Crippen LogP contribution in [0.1, 0.15) is 13.3 Å². The van der Waals surface area contributed by atoms with Crippen molar-refractivity contribution in [2.45, 2.75) is 25.7 Å². The van der Waals surface area contributed by atoms with E-state index >= 15 is 0 Å². The Morgan fingerprint density at radius 1 is 1.23 bits per heavy atom. The minimum absolute atomic E-state index is 0.00562. The van der Waals surface area contributed by atoms with Crippen LogP contribution in [0.4, 0.5) is 18.9 Å². The first-order valence-corrected chi connectivity index (χ1v) is 10.8. The number of alkyl halides is 3. The minimum Gasteiger partial charge on any atom is -0.406 e. The molecule has 0 spiro atoms. The van der Waals surface area contributed by atoms with Crippen molar-refractivity contribution in [3.63, 3.8) is 0 Å². The molecule has 1 unspecified atom stereocenters. The van der Waals surface area contributed by atoms with Crippen LogP contribution in [0.2, 0.25) is 0 Å². The number of hydrogen-bond donors (Lipinski definition) is 2. The Kier molecular flexibility index (Phi) is 5.93. The molecular weight excluding hydrogens is 439 g/mol. The highest BCUT2D eigenvalue weighted by atomic mass is 32.2. The summed E-state index contributed by atoms with van der Waals surface area (Å²) in [6, 6.07) is 5.71. The Morgan fingerprint density at radius 2 is 1.87 bits per heavy atom. The summed E-state index contributed by atoms with van der Waals surface area (Å²) < 4.78 is 64.1. The molecule has 1 saturated heterocycles. The van der Waals surface area contributed by atoms with Gasteiger partial charge in [-0.2, -0.15) is 10.2 Å². The normalized spacial score (nSPS) is 24.9. The van der Waals surface area contributed by atoms with Gasteiger partial charge in [-0.3, -0.25) is 0 Å². The van der Waals surface area contributed by atoms with Gasteiger partial charge in [-0.25, -0.2) is 18.0 Å². The van der Waals surface area contributed by atoms with E-state index in [1.165, 1.54) is 25.3 Å². The van der Waals surface area contributed by atoms with Crippen molar-refractivity contribution in [1.82, 2.24) is 0 Å². The summed E-state index contributed by atoms with van der Waals surface area (Å²) in [6.45, 7) is 1.42. The van der Waals surface area contributed by atoms with E-state index in [0.717, 1.165) is 12.1 Å². The maximum absolute atomic E-state index is 13.0. The van der Waals surface area contributed by atoms with E-state index in [9.17, 15) is 36.4 Å². The zero-order chi connectivity index (χ0) is 23.0. The Bertz CT molecular complexity index is 1130. The average molecular weight is 456 g/mol. The number of ether oxygens (including phenoxy) is 1. The van der Waals surface area contributed by atoms with Crippen LogP contribution in [0.5, 0.6) is 5.75 Å². The van der Waals surface area contributed by atoms with E-state index in [2.05, 4.69) is 10.1 Å². The highest BCUT2D eigenvalue weighted by Gasteiger charge is 2.48. The van der Waals surface area contributed by atoms with Crippen molar-refractivity contribution in [3.05, 3.63) is 47.2 Å². The maximum atomic E-state index is 13.0. The number of sulfone groups is 1. The first kappa shape index (κ1) is 22.5. The second kappa shape index (κ2) is 8.16. The number of halogens is 3. The standard InChI is InChI=1S/C19H16F3N3O5S/c1-11-15(8-23)17(26)25(13-6-7-31(28,29)10-13)18(27)16(11)9-24-12-2-4-14(5-3-12)30-19(20,21)22/h2-5,9,13,24H,6-7,10H2,1H3/p+1/b16-9-/t13-/m0/s1. The predicted molar refractivity (Wildman–Crippen MR) is 101 cm³/mol. The fourth-order valence-electron chi connectivity index (χ4n) is 3.47. The fraction of sp³-hybridized carbons (Fsp3) is 0.316. The van der Waals surface area contributed by atoms with Crippen LogP contribution >= 0.6 is 0 Å².